The highest BCUT2D eigenvalue weighted by Crippen LogP contribution is 2.20. The average Bonchev–Trinajstić information content (AvgIpc) is 2.53. The van der Waals surface area contributed by atoms with Crippen molar-refractivity contribution in [2.45, 2.75) is 12.6 Å². The van der Waals surface area contributed by atoms with E-state index in [0.717, 1.165) is 23.4 Å². The summed E-state index contributed by atoms with van der Waals surface area (Å²) in [6.07, 6.45) is 0. The molecule has 0 aromatic heterocycles. The number of rotatable bonds is 6. The highest BCUT2D eigenvalue weighted by molar-refractivity contribution is 5.46. The summed E-state index contributed by atoms with van der Waals surface area (Å²) in [6, 6.07) is 8.83. The van der Waals surface area contributed by atoms with E-state index in [9.17, 15) is 18.3 Å². The Labute approximate surface area is 133 Å². The Kier molecular flexibility index (Phi) is 5.63. The highest BCUT2D eigenvalue weighted by Gasteiger charge is 2.16. The van der Waals surface area contributed by atoms with Crippen molar-refractivity contribution in [3.63, 3.8) is 0 Å². The van der Waals surface area contributed by atoms with Crippen LogP contribution in [0, 0.1) is 17.5 Å². The van der Waals surface area contributed by atoms with Gasteiger partial charge in [-0.2, -0.15) is 0 Å². The molecule has 0 radical (unpaired) electrons. The van der Waals surface area contributed by atoms with Crippen molar-refractivity contribution in [3.8, 4) is 0 Å². The predicted molar refractivity (Wildman–Crippen MR) is 83.8 cm³/mol. The molecule has 0 saturated carbocycles. The molecular weight excluding hydrogens is 305 g/mol. The fourth-order valence-electron chi connectivity index (χ4n) is 2.22. The number of halogens is 3. The number of benzene rings is 2. The zero-order chi connectivity index (χ0) is 17.0. The van der Waals surface area contributed by atoms with Gasteiger partial charge >= 0.3 is 0 Å². The van der Waals surface area contributed by atoms with E-state index < -0.39 is 23.5 Å². The summed E-state index contributed by atoms with van der Waals surface area (Å²) in [7, 11) is 3.87. The lowest BCUT2D eigenvalue weighted by atomic mass is 10.1. The third-order valence-electron chi connectivity index (χ3n) is 3.60. The van der Waals surface area contributed by atoms with Crippen LogP contribution >= 0.6 is 0 Å². The van der Waals surface area contributed by atoms with Crippen LogP contribution in [0.25, 0.3) is 0 Å². The average molecular weight is 324 g/mol. The second-order valence-electron chi connectivity index (χ2n) is 5.48. The van der Waals surface area contributed by atoms with Gasteiger partial charge in [0.1, 0.15) is 0 Å². The van der Waals surface area contributed by atoms with Gasteiger partial charge in [0.05, 0.1) is 12.6 Å². The summed E-state index contributed by atoms with van der Waals surface area (Å²) in [5.41, 5.74) is 2.17. The van der Waals surface area contributed by atoms with E-state index in [1.165, 1.54) is 0 Å². The van der Waals surface area contributed by atoms with Crippen LogP contribution in [0.2, 0.25) is 0 Å². The number of anilines is 1. The van der Waals surface area contributed by atoms with Crippen LogP contribution in [0.3, 0.4) is 0 Å². The van der Waals surface area contributed by atoms with E-state index >= 15 is 0 Å². The minimum atomic E-state index is -1.51. The number of hydrogen-bond donors (Lipinski definition) is 2. The van der Waals surface area contributed by atoms with Gasteiger partial charge in [-0.25, -0.2) is 13.2 Å². The molecule has 0 spiro atoms. The summed E-state index contributed by atoms with van der Waals surface area (Å²) in [5, 5.41) is 12.4. The molecule has 0 amide bonds. The quantitative estimate of drug-likeness (QED) is 0.802. The first-order chi connectivity index (χ1) is 10.9. The zero-order valence-corrected chi connectivity index (χ0v) is 13.0. The van der Waals surface area contributed by atoms with Gasteiger partial charge in [0.15, 0.2) is 17.5 Å². The van der Waals surface area contributed by atoms with E-state index in [2.05, 4.69) is 5.32 Å². The van der Waals surface area contributed by atoms with Crippen molar-refractivity contribution in [1.82, 2.24) is 5.32 Å². The predicted octanol–water partition coefficient (Wildman–Crippen LogP) is 2.99. The maximum Gasteiger partial charge on any atom is 0.194 e. The highest BCUT2D eigenvalue weighted by atomic mass is 19.2. The van der Waals surface area contributed by atoms with Crippen LogP contribution in [-0.4, -0.2) is 25.8 Å². The smallest absolute Gasteiger partial charge is 0.194 e. The summed E-state index contributed by atoms with van der Waals surface area (Å²) in [6.45, 7) is 0.0415. The van der Waals surface area contributed by atoms with Crippen molar-refractivity contribution in [3.05, 3.63) is 65.0 Å². The Morgan fingerprint density at radius 3 is 2.09 bits per heavy atom. The van der Waals surface area contributed by atoms with Crippen molar-refractivity contribution in [2.24, 2.45) is 0 Å². The van der Waals surface area contributed by atoms with Crippen LogP contribution in [0.5, 0.6) is 0 Å². The van der Waals surface area contributed by atoms with E-state index in [0.29, 0.717) is 6.54 Å². The minimum Gasteiger partial charge on any atom is -0.394 e. The van der Waals surface area contributed by atoms with Crippen LogP contribution in [-0.2, 0) is 6.54 Å². The Bertz CT molecular complexity index is 636. The van der Waals surface area contributed by atoms with Gasteiger partial charge in [-0.15, -0.1) is 0 Å². The Hall–Kier alpha value is -2.05. The fourth-order valence-corrected chi connectivity index (χ4v) is 2.22. The topological polar surface area (TPSA) is 35.5 Å². The number of aliphatic hydroxyl groups is 1. The number of nitrogens with one attached hydrogen (secondary N) is 1. The summed E-state index contributed by atoms with van der Waals surface area (Å²) in [4.78, 5) is 1.97. The molecule has 124 valence electrons. The molecule has 0 aliphatic rings. The number of aliphatic hydroxyl groups excluding tert-OH is 1. The Balaban J connectivity index is 2.08. The monoisotopic (exact) mass is 324 g/mol. The minimum absolute atomic E-state index is 0.161. The van der Waals surface area contributed by atoms with Crippen LogP contribution in [0.4, 0.5) is 18.9 Å². The molecule has 0 heterocycles. The van der Waals surface area contributed by atoms with Gasteiger partial charge in [0, 0.05) is 26.3 Å². The Morgan fingerprint density at radius 2 is 1.61 bits per heavy atom. The third-order valence-corrected chi connectivity index (χ3v) is 3.60. The standard InChI is InChI=1S/C17H19F3N2O/c1-22(2)13-5-3-11(4-6-13)9-21-16(10-23)12-7-14(18)17(20)15(19)8-12/h3-8,16,21,23H,9-10H2,1-2H3. The van der Waals surface area contributed by atoms with Gasteiger partial charge in [-0.05, 0) is 35.4 Å². The molecule has 2 N–H and O–H groups in total. The summed E-state index contributed by atoms with van der Waals surface area (Å²) in [5.74, 6) is -4.05. The van der Waals surface area contributed by atoms with Crippen molar-refractivity contribution in [2.75, 3.05) is 25.6 Å². The molecule has 2 aromatic rings. The van der Waals surface area contributed by atoms with Gasteiger partial charge in [-0.3, -0.25) is 0 Å². The van der Waals surface area contributed by atoms with Crippen LogP contribution in [0.1, 0.15) is 17.2 Å². The van der Waals surface area contributed by atoms with Crippen LogP contribution in [0.15, 0.2) is 36.4 Å². The number of hydrogen-bond acceptors (Lipinski definition) is 3. The van der Waals surface area contributed by atoms with E-state index in [1.54, 1.807) is 0 Å². The van der Waals surface area contributed by atoms with Gasteiger partial charge in [0.2, 0.25) is 0 Å². The first kappa shape index (κ1) is 17.3. The molecule has 0 aliphatic carbocycles. The van der Waals surface area contributed by atoms with E-state index in [-0.39, 0.29) is 12.2 Å². The second-order valence-corrected chi connectivity index (χ2v) is 5.48. The molecule has 1 atom stereocenters. The molecule has 0 bridgehead atoms. The molecule has 6 heteroatoms. The lowest BCUT2D eigenvalue weighted by Gasteiger charge is -2.18. The third kappa shape index (κ3) is 4.24. The zero-order valence-electron chi connectivity index (χ0n) is 13.0. The first-order valence-electron chi connectivity index (χ1n) is 7.17. The SMILES string of the molecule is CN(C)c1ccc(CNC(CO)c2cc(F)c(F)c(F)c2)cc1. The van der Waals surface area contributed by atoms with Crippen molar-refractivity contribution >= 4 is 5.69 Å². The fraction of sp³-hybridized carbons (Fsp3) is 0.294. The largest absolute Gasteiger partial charge is 0.394 e. The molecule has 2 aromatic carbocycles. The molecule has 1 unspecified atom stereocenters. The molecule has 0 saturated heterocycles. The van der Waals surface area contributed by atoms with Gasteiger partial charge in [-0.1, -0.05) is 12.1 Å². The van der Waals surface area contributed by atoms with Crippen LogP contribution < -0.4 is 10.2 Å². The molecule has 0 aliphatic heterocycles. The van der Waals surface area contributed by atoms with E-state index in [1.807, 2.05) is 43.3 Å². The van der Waals surface area contributed by atoms with Crippen molar-refractivity contribution < 1.29 is 18.3 Å². The lowest BCUT2D eigenvalue weighted by Crippen LogP contribution is -2.24. The molecule has 0 fully saturated rings. The van der Waals surface area contributed by atoms with E-state index in [4.69, 9.17) is 0 Å². The van der Waals surface area contributed by atoms with Crippen molar-refractivity contribution in [1.29, 1.82) is 0 Å². The first-order valence-corrected chi connectivity index (χ1v) is 7.17. The molecule has 23 heavy (non-hydrogen) atoms. The molecular formula is C17H19F3N2O. The normalized spacial score (nSPS) is 12.3. The van der Waals surface area contributed by atoms with Gasteiger partial charge in [0.25, 0.3) is 0 Å². The molecule has 2 rings (SSSR count). The second kappa shape index (κ2) is 7.48. The van der Waals surface area contributed by atoms with Gasteiger partial charge < -0.3 is 15.3 Å². The summed E-state index contributed by atoms with van der Waals surface area (Å²) < 4.78 is 39.6. The summed E-state index contributed by atoms with van der Waals surface area (Å²) >= 11 is 0. The maximum atomic E-state index is 13.3. The maximum absolute atomic E-state index is 13.3. The number of nitrogens with zero attached hydrogens (tertiary/aromatic N) is 1. The molecule has 3 nitrogen and oxygen atoms in total. The Morgan fingerprint density at radius 1 is 1.04 bits per heavy atom. The lowest BCUT2D eigenvalue weighted by molar-refractivity contribution is 0.242.